The summed E-state index contributed by atoms with van der Waals surface area (Å²) in [6.45, 7) is 7.38. The van der Waals surface area contributed by atoms with Gasteiger partial charge in [-0.3, -0.25) is 28.8 Å². The van der Waals surface area contributed by atoms with Crippen LogP contribution in [-0.2, 0) is 99.5 Å². The number of phenols is 1. The molecule has 0 saturated heterocycles. The second-order valence-corrected chi connectivity index (χ2v) is 30.7. The van der Waals surface area contributed by atoms with Crippen LogP contribution in [0.25, 0.3) is 0 Å². The lowest BCUT2D eigenvalue weighted by Crippen LogP contribution is -2.34. The van der Waals surface area contributed by atoms with Crippen molar-refractivity contribution in [3.05, 3.63) is 309 Å². The molecule has 0 spiro atoms. The fourth-order valence-corrected chi connectivity index (χ4v) is 14.7. The van der Waals surface area contributed by atoms with Crippen molar-refractivity contribution in [2.24, 2.45) is 5.73 Å². The summed E-state index contributed by atoms with van der Waals surface area (Å²) in [5, 5.41) is 37.8. The van der Waals surface area contributed by atoms with Crippen LogP contribution in [0.5, 0.6) is 58.4 Å². The van der Waals surface area contributed by atoms with Crippen molar-refractivity contribution in [2.45, 2.75) is 124 Å². The van der Waals surface area contributed by atoms with Gasteiger partial charge in [-0.2, -0.15) is 10.5 Å². The van der Waals surface area contributed by atoms with Crippen LogP contribution in [0.1, 0.15) is 123 Å². The number of rotatable bonds is 19. The van der Waals surface area contributed by atoms with Gasteiger partial charge in [0, 0.05) is 159 Å². The monoisotopic (exact) mass is 1860 g/mol. The number of methoxy groups -OCH3 is 5. The van der Waals surface area contributed by atoms with Gasteiger partial charge in [-0.25, -0.2) is 54.8 Å². The Kier molecular flexibility index (Phi) is 36.6. The van der Waals surface area contributed by atoms with Crippen molar-refractivity contribution in [3.8, 4) is 70.5 Å². The lowest BCUT2D eigenvalue weighted by molar-refractivity contribution is -0.134. The molecule has 0 unspecified atom stereocenters. The van der Waals surface area contributed by atoms with Crippen LogP contribution in [0.2, 0.25) is 5.15 Å². The molecule has 18 rings (SSSR count). The molecular weight excluding hydrogens is 1770 g/mol. The van der Waals surface area contributed by atoms with Crippen LogP contribution in [0.4, 0.5) is 28.4 Å². The Morgan fingerprint density at radius 1 is 0.415 bits per heavy atom. The summed E-state index contributed by atoms with van der Waals surface area (Å²) in [7, 11) is 7.88. The SMILES string of the molecule is CC(=O)O.COc1ccc(CCl)cn1.COc1ccc(CN2C(=O)CCc3c(C)cccc32)cn1.COc1ccc(CN2C(=O)CCc3c(O)cccc32)cn1.COc1ccc(CN2C(=O)CCc3c(Oc4cc(C#N)ncn4)cccc32)cn1.COc1ccc(CN2C(=O)CCc3c(Oc4cc(CN)ncn4)cccc32)cn1.Cc1cccc2c1CCC(=O)N2.N#Cc1cc(Cl)ncn1. The van der Waals surface area contributed by atoms with Gasteiger partial charge in [0.05, 0.1) is 84.5 Å². The highest BCUT2D eigenvalue weighted by molar-refractivity contribution is 6.29. The second kappa shape index (κ2) is 49.7. The topological polar surface area (TPSA) is 448 Å². The number of fused-ring (bicyclic) bond motifs is 5. The summed E-state index contributed by atoms with van der Waals surface area (Å²) in [5.74, 6) is 5.19. The average molecular weight is 1860 g/mol. The maximum absolute atomic E-state index is 12.6. The molecule has 34 nitrogen and oxygen atoms in total. The summed E-state index contributed by atoms with van der Waals surface area (Å²) in [4.78, 5) is 121. The van der Waals surface area contributed by atoms with Gasteiger partial charge in [0.15, 0.2) is 0 Å². The number of nitriles is 2. The molecule has 135 heavy (non-hydrogen) atoms. The third-order valence-corrected chi connectivity index (χ3v) is 21.6. The zero-order chi connectivity index (χ0) is 96.3. The van der Waals surface area contributed by atoms with E-state index < -0.39 is 5.97 Å². The van der Waals surface area contributed by atoms with Crippen molar-refractivity contribution in [2.75, 3.05) is 60.5 Å². The molecule has 0 saturated carbocycles. The largest absolute Gasteiger partial charge is 0.508 e. The van der Waals surface area contributed by atoms with E-state index >= 15 is 0 Å². The van der Waals surface area contributed by atoms with E-state index in [1.165, 1.54) is 53.4 Å². The molecular formula is C99H97Cl2N19O15. The first-order valence-electron chi connectivity index (χ1n) is 42.3. The quantitative estimate of drug-likeness (QED) is 0.0431. The number of alkyl halides is 1. The molecule has 8 aromatic heterocycles. The van der Waals surface area contributed by atoms with E-state index in [-0.39, 0.29) is 52.6 Å². The number of aromatic nitrogens is 11. The van der Waals surface area contributed by atoms with Crippen LogP contribution in [0, 0.1) is 36.5 Å². The number of aromatic hydroxyl groups is 1. The first-order chi connectivity index (χ1) is 65.4. The highest BCUT2D eigenvalue weighted by Gasteiger charge is 2.32. The van der Waals surface area contributed by atoms with Crippen molar-refractivity contribution < 1.29 is 72.1 Å². The number of carbonyl (C=O) groups excluding carboxylic acids is 5. The number of benzene rings is 5. The molecule has 0 radical (unpaired) electrons. The fraction of sp³-hybridized carbons (Fsp3) is 0.242. The Balaban J connectivity index is 0.000000156. The molecule has 5 aliphatic heterocycles. The number of nitrogens with one attached hydrogen (secondary N) is 1. The minimum absolute atomic E-state index is 0.0410. The van der Waals surface area contributed by atoms with Crippen LogP contribution >= 0.6 is 23.2 Å². The van der Waals surface area contributed by atoms with Gasteiger partial charge in [-0.05, 0) is 145 Å². The standard InChI is InChI=1S/C21H21N5O3.C21H17N5O3.C17H18N2O2.C16H16N2O3.C10H11NO.C7H8ClNO.C5H2ClN3.C2H4O2/c2*1-28-19-7-5-14(11-23-19)12-26-17-3-2-4-18(16(17)6-8-21(26)27)29-20-9-15(10-22)24-13-25-20;1-12-4-3-5-15-14(12)7-9-17(20)19(15)11-13-6-8-16(21-2)18-10-13;1-21-15-7-5-11(9-17-15)10-18-13-3-2-4-14(19)12(13)6-8-16(18)20;1-7-3-2-4-9-8(7)5-6-10(12)11-9;1-10-7-3-2-6(4-8)5-9-7;6-5-1-4(2-7)8-3-9-5;1-2(3)4/h2-5,7,9,11,13H,6,8,10,12,22H2,1H3;2-5,7,9,11,13H,6,8,12H2,1H3;3-6,8,10H,7,9,11H2,1-2H3;2-5,7,9,19H,6,8,10H2,1H3;2-4H,5-6H2,1H3,(H,11,12);2-3,5H,4H2,1H3;1,3H;1H3,(H,3,4). The minimum Gasteiger partial charge on any atom is -0.508 e. The third kappa shape index (κ3) is 28.2. The molecule has 5 N–H and O–H groups in total. The first kappa shape index (κ1) is 99.4. The summed E-state index contributed by atoms with van der Waals surface area (Å²) < 4.78 is 37.1. The van der Waals surface area contributed by atoms with Crippen molar-refractivity contribution in [3.63, 3.8) is 0 Å². The number of aryl methyl sites for hydroxylation is 2. The maximum atomic E-state index is 12.6. The molecule has 5 amide bonds. The van der Waals surface area contributed by atoms with Gasteiger partial charge in [-0.15, -0.1) is 11.6 Å². The minimum atomic E-state index is -0.833. The van der Waals surface area contributed by atoms with E-state index in [9.17, 15) is 29.1 Å². The highest BCUT2D eigenvalue weighted by Crippen LogP contribution is 2.41. The number of carboxylic acids is 1. The molecule has 5 aromatic carbocycles. The van der Waals surface area contributed by atoms with E-state index in [4.69, 9.17) is 82.5 Å². The average Bonchev–Trinajstić information content (AvgIpc) is 0.805. The molecule has 0 fully saturated rings. The molecule has 13 heterocycles. The summed E-state index contributed by atoms with van der Waals surface area (Å²) >= 11 is 11.0. The van der Waals surface area contributed by atoms with Crippen LogP contribution < -0.4 is 63.8 Å². The van der Waals surface area contributed by atoms with Gasteiger partial charge in [0.1, 0.15) is 64.9 Å². The predicted molar refractivity (Wildman–Crippen MR) is 504 cm³/mol. The Morgan fingerprint density at radius 2 is 0.763 bits per heavy atom. The number of phenolic OH excluding ortho intramolecular Hbond substituents is 1. The maximum Gasteiger partial charge on any atom is 0.300 e. The molecule has 0 atom stereocenters. The normalized spacial score (nSPS) is 12.7. The molecule has 0 aliphatic carbocycles. The number of nitrogens with zero attached hydrogens (tertiary/aromatic N) is 17. The number of nitrogens with two attached hydrogens (primary N) is 1. The van der Waals surface area contributed by atoms with E-state index in [0.717, 1.165) is 92.7 Å². The summed E-state index contributed by atoms with van der Waals surface area (Å²) in [6.07, 6.45) is 18.4. The molecule has 36 heteroatoms. The number of carbonyl (C=O) groups is 6. The van der Waals surface area contributed by atoms with Crippen molar-refractivity contribution in [1.82, 2.24) is 54.8 Å². The predicted octanol–water partition coefficient (Wildman–Crippen LogP) is 15.6. The molecule has 13 aromatic rings. The number of aliphatic carboxylic acids is 1. The van der Waals surface area contributed by atoms with Crippen LogP contribution in [0.15, 0.2) is 220 Å². The lowest BCUT2D eigenvalue weighted by Gasteiger charge is -2.30. The first-order valence-corrected chi connectivity index (χ1v) is 43.2. The number of hydrogen-bond donors (Lipinski definition) is 4. The van der Waals surface area contributed by atoms with Gasteiger partial charge in [0.2, 0.25) is 70.7 Å². The van der Waals surface area contributed by atoms with Crippen molar-refractivity contribution >= 4 is 87.1 Å². The highest BCUT2D eigenvalue weighted by atomic mass is 35.5. The van der Waals surface area contributed by atoms with Gasteiger partial charge in [0.25, 0.3) is 5.97 Å². The molecule has 0 bridgehead atoms. The van der Waals surface area contributed by atoms with Gasteiger partial charge < -0.3 is 74.0 Å². The van der Waals surface area contributed by atoms with Crippen LogP contribution in [0.3, 0.4) is 0 Å². The number of pyridine rings is 5. The zero-order valence-corrected chi connectivity index (χ0v) is 76.7. The number of carboxylic acid groups (broad SMARTS) is 1. The number of amides is 5. The van der Waals surface area contributed by atoms with Crippen molar-refractivity contribution in [1.29, 1.82) is 10.5 Å². The fourth-order valence-electron chi connectivity index (χ4n) is 14.4. The smallest absolute Gasteiger partial charge is 0.300 e. The second-order valence-electron chi connectivity index (χ2n) is 30.1. The van der Waals surface area contributed by atoms with E-state index in [2.05, 4.69) is 86.1 Å². The van der Waals surface area contributed by atoms with Gasteiger partial charge in [-0.1, -0.05) is 84.4 Å². The Morgan fingerprint density at radius 3 is 1.16 bits per heavy atom. The van der Waals surface area contributed by atoms with E-state index in [1.54, 1.807) is 124 Å². The summed E-state index contributed by atoms with van der Waals surface area (Å²) in [5.41, 5.74) is 23.8. The molecule has 5 aliphatic rings. The number of anilines is 5. The van der Waals surface area contributed by atoms with E-state index in [1.807, 2.05) is 120 Å². The number of hydrogen-bond acceptors (Lipinski definition) is 28. The van der Waals surface area contributed by atoms with E-state index in [0.29, 0.717) is 148 Å². The Bertz CT molecular complexity index is 6210. The zero-order valence-electron chi connectivity index (χ0n) is 75.2. The number of ether oxygens (including phenoxy) is 7. The van der Waals surface area contributed by atoms with Gasteiger partial charge >= 0.3 is 0 Å². The Hall–Kier alpha value is -16.2. The third-order valence-electron chi connectivity index (χ3n) is 21.1. The summed E-state index contributed by atoms with van der Waals surface area (Å²) in [6, 6.07) is 55.5. The lowest BCUT2D eigenvalue weighted by atomic mass is 9.96. The number of halogens is 2. The van der Waals surface area contributed by atoms with Crippen LogP contribution in [-0.4, -0.2) is 136 Å². The Labute approximate surface area is 789 Å². The molecule has 692 valence electrons.